The minimum absolute atomic E-state index is 0.0123. The van der Waals surface area contributed by atoms with E-state index in [9.17, 15) is 68.1 Å². The van der Waals surface area contributed by atoms with Crippen molar-refractivity contribution >= 4 is 65.0 Å². The van der Waals surface area contributed by atoms with Gasteiger partial charge in [-0.15, -0.1) is 0 Å². The van der Waals surface area contributed by atoms with Crippen LogP contribution in [0, 0.1) is 41.4 Å². The number of allylic oxidation sites excluding steroid dienone is 2. The van der Waals surface area contributed by atoms with Crippen molar-refractivity contribution in [2.24, 2.45) is 41.4 Å². The SMILES string of the molecule is CC=CC[C@@H](C)[C@@H](O)[C@@H](C(=O)N[C@H](C(=O)N(C)CC(=O)O)[C@@H](C)O)N(C)C(=O)[C@H](C(C)C)N(C)C(=O)[C@H](CC(C)C)NC(=O)[C@H](CC(C)C)N(C)C(=O)[C@@H](C)NC(=O)[C@H](C)NC(=O)[C@H](CC(C)C)N(C)C(=O)[C@H](CC(C)C)NC(=O)[C@H](CC(C)C)NC. The normalized spacial score (nSPS) is 16.3. The third-order valence-corrected chi connectivity index (χ3v) is 15.2. The van der Waals surface area contributed by atoms with Crippen LogP contribution in [-0.2, 0) is 52.7 Å². The summed E-state index contributed by atoms with van der Waals surface area (Å²) in [6.07, 6.45) is 1.92. The van der Waals surface area contributed by atoms with Crippen LogP contribution in [0.2, 0.25) is 0 Å². The molecule has 0 saturated carbocycles. The smallest absolute Gasteiger partial charge is 0.323 e. The average molecular weight is 1240 g/mol. The van der Waals surface area contributed by atoms with Crippen LogP contribution in [0.25, 0.3) is 0 Å². The van der Waals surface area contributed by atoms with Crippen molar-refractivity contribution in [2.45, 2.75) is 229 Å². The number of nitrogens with zero attached hydrogens (tertiary/aromatic N) is 5. The monoisotopic (exact) mass is 1240 g/mol. The van der Waals surface area contributed by atoms with Crippen LogP contribution >= 0.6 is 0 Å². The number of likely N-dealkylation sites (N-methyl/N-ethyl adjacent to an activating group) is 6. The van der Waals surface area contributed by atoms with Gasteiger partial charge in [0.05, 0.1) is 18.2 Å². The fourth-order valence-electron chi connectivity index (χ4n) is 10.3. The van der Waals surface area contributed by atoms with Crippen molar-refractivity contribution in [1.29, 1.82) is 0 Å². The molecule has 0 aliphatic carbocycles. The maximum absolute atomic E-state index is 14.9. The molecule has 0 unspecified atom stereocenters. The summed E-state index contributed by atoms with van der Waals surface area (Å²) in [4.78, 5) is 159. The number of aliphatic carboxylic acids is 1. The zero-order chi connectivity index (χ0) is 67.8. The number of carbonyl (C=O) groups is 11. The highest BCUT2D eigenvalue weighted by atomic mass is 16.4. The topological polar surface area (TPSA) is 337 Å². The molecule has 0 rings (SSSR count). The molecule has 0 heterocycles. The second-order valence-corrected chi connectivity index (χ2v) is 26.1. The number of nitrogens with one attached hydrogen (secondary N) is 6. The number of carboxylic acids is 1. The fraction of sp³-hybridized carbons (Fsp3) is 0.790. The summed E-state index contributed by atoms with van der Waals surface area (Å²) in [7, 11) is 8.37. The summed E-state index contributed by atoms with van der Waals surface area (Å²) in [5.41, 5.74) is 0. The predicted octanol–water partition coefficient (Wildman–Crippen LogP) is 2.12. The molecule has 9 N–H and O–H groups in total. The highest BCUT2D eigenvalue weighted by Crippen LogP contribution is 2.24. The Morgan fingerprint density at radius 2 is 0.839 bits per heavy atom. The molecule has 0 aliphatic heterocycles. The van der Waals surface area contributed by atoms with E-state index in [1.165, 1.54) is 65.8 Å². The molecule has 0 bridgehead atoms. The van der Waals surface area contributed by atoms with E-state index in [1.807, 2.05) is 69.2 Å². The molecule has 10 amide bonds. The van der Waals surface area contributed by atoms with Gasteiger partial charge in [-0.2, -0.15) is 0 Å². The molecule has 13 atom stereocenters. The molecule has 0 aromatic heterocycles. The number of amides is 10. The largest absolute Gasteiger partial charge is 0.480 e. The van der Waals surface area contributed by atoms with Crippen LogP contribution in [0.3, 0.4) is 0 Å². The molecule has 500 valence electrons. The van der Waals surface area contributed by atoms with E-state index >= 15 is 0 Å². The molecule has 0 spiro atoms. The number of hydrogen-bond donors (Lipinski definition) is 9. The Kier molecular flexibility index (Phi) is 35.5. The average Bonchev–Trinajstić information content (AvgIpc) is 1.27. The minimum atomic E-state index is -1.71. The molecule has 0 aromatic carbocycles. The summed E-state index contributed by atoms with van der Waals surface area (Å²) in [6.45, 7) is 29.0. The number of hydrogen-bond acceptors (Lipinski definition) is 14. The number of rotatable bonds is 38. The summed E-state index contributed by atoms with van der Waals surface area (Å²) in [5.74, 6) is -9.90. The van der Waals surface area contributed by atoms with E-state index in [4.69, 9.17) is 0 Å². The van der Waals surface area contributed by atoms with Gasteiger partial charge in [0.15, 0.2) is 0 Å². The van der Waals surface area contributed by atoms with Crippen molar-refractivity contribution in [3.8, 4) is 0 Å². The van der Waals surface area contributed by atoms with Crippen LogP contribution < -0.4 is 31.9 Å². The second kappa shape index (κ2) is 38.3. The Morgan fingerprint density at radius 1 is 0.437 bits per heavy atom. The molecule has 87 heavy (non-hydrogen) atoms. The molecule has 0 aliphatic rings. The lowest BCUT2D eigenvalue weighted by Gasteiger charge is -2.40. The van der Waals surface area contributed by atoms with Gasteiger partial charge in [-0.05, 0) is 115 Å². The molecule has 0 radical (unpaired) electrons. The third kappa shape index (κ3) is 26.2. The molecule has 0 fully saturated rings. The zero-order valence-electron chi connectivity index (χ0n) is 56.6. The van der Waals surface area contributed by atoms with E-state index in [0.29, 0.717) is 12.8 Å². The molecule has 0 saturated heterocycles. The van der Waals surface area contributed by atoms with E-state index < -0.39 is 150 Å². The van der Waals surface area contributed by atoms with E-state index in [-0.39, 0.29) is 61.2 Å². The molecular weight excluding hydrogens is 1120 g/mol. The fourth-order valence-corrected chi connectivity index (χ4v) is 10.3. The first kappa shape index (κ1) is 80.8. The van der Waals surface area contributed by atoms with Crippen LogP contribution in [0.1, 0.15) is 156 Å². The second-order valence-electron chi connectivity index (χ2n) is 26.1. The first-order chi connectivity index (χ1) is 40.1. The summed E-state index contributed by atoms with van der Waals surface area (Å²) in [5, 5.41) is 48.3. The Labute approximate surface area is 519 Å². The van der Waals surface area contributed by atoms with Gasteiger partial charge in [0.2, 0.25) is 59.1 Å². The van der Waals surface area contributed by atoms with Gasteiger partial charge in [0.1, 0.15) is 60.9 Å². The van der Waals surface area contributed by atoms with Crippen LogP contribution in [0.15, 0.2) is 12.2 Å². The van der Waals surface area contributed by atoms with Crippen LogP contribution in [0.4, 0.5) is 0 Å². The molecule has 25 heteroatoms. The van der Waals surface area contributed by atoms with Gasteiger partial charge in [-0.1, -0.05) is 102 Å². The van der Waals surface area contributed by atoms with E-state index in [1.54, 1.807) is 46.9 Å². The van der Waals surface area contributed by atoms with Crippen molar-refractivity contribution in [3.63, 3.8) is 0 Å². The molecule has 25 nitrogen and oxygen atoms in total. The van der Waals surface area contributed by atoms with Crippen molar-refractivity contribution in [2.75, 3.05) is 48.8 Å². The first-order valence-corrected chi connectivity index (χ1v) is 30.8. The van der Waals surface area contributed by atoms with Crippen LogP contribution in [0.5, 0.6) is 0 Å². The number of aliphatic hydroxyl groups excluding tert-OH is 2. The predicted molar refractivity (Wildman–Crippen MR) is 334 cm³/mol. The quantitative estimate of drug-likeness (QED) is 0.0400. The third-order valence-electron chi connectivity index (χ3n) is 15.2. The zero-order valence-corrected chi connectivity index (χ0v) is 56.6. The standard InChI is InChI=1S/C62H113N11O14/c1-24-25-26-39(14)52(77)51(57(82)68-49(42(17)74)61(86)69(19)32-48(75)76)73(23)62(87)50(38(12)13)72(22)60(85)45(29-35(6)7)67-56(81)47(31-37(10)11)70(20)58(83)41(16)65-53(78)40(15)64-55(80)46(30-36(8)9)71(21)59(84)44(28-34(4)5)66-54(79)43(63-18)27-33(2)3/h24-25,33-47,49-52,63,74,77H,26-32H2,1-23H3,(H,64,80)(H,65,78)(H,66,79)(H,67,81)(H,68,82)(H,75,76)/t39-,40+,41-,42-,43+,44+,45+,46+,47+,49+,50+,51+,52-/m1/s1. The van der Waals surface area contributed by atoms with E-state index in [2.05, 4.69) is 31.9 Å². The summed E-state index contributed by atoms with van der Waals surface area (Å²) in [6, 6.07) is -12.1. The highest BCUT2D eigenvalue weighted by Gasteiger charge is 2.45. The molecule has 0 aromatic rings. The van der Waals surface area contributed by atoms with Crippen molar-refractivity contribution in [1.82, 2.24) is 56.4 Å². The Bertz CT molecular complexity index is 2310. The van der Waals surface area contributed by atoms with Crippen molar-refractivity contribution < 1.29 is 68.1 Å². The summed E-state index contributed by atoms with van der Waals surface area (Å²) >= 11 is 0. The van der Waals surface area contributed by atoms with Crippen molar-refractivity contribution in [3.05, 3.63) is 12.2 Å². The van der Waals surface area contributed by atoms with Gasteiger partial charge < -0.3 is 71.7 Å². The maximum atomic E-state index is 14.9. The van der Waals surface area contributed by atoms with Gasteiger partial charge in [-0.25, -0.2) is 0 Å². The number of carboxylic acid groups (broad SMARTS) is 1. The first-order valence-electron chi connectivity index (χ1n) is 30.8. The summed E-state index contributed by atoms with van der Waals surface area (Å²) < 4.78 is 0. The Hall–Kier alpha value is -6.21. The van der Waals surface area contributed by atoms with Gasteiger partial charge in [-0.3, -0.25) is 52.7 Å². The Balaban J connectivity index is 6.91. The lowest BCUT2D eigenvalue weighted by molar-refractivity contribution is -0.155. The maximum Gasteiger partial charge on any atom is 0.323 e. The van der Waals surface area contributed by atoms with Gasteiger partial charge in [0.25, 0.3) is 0 Å². The lowest BCUT2D eigenvalue weighted by Crippen LogP contribution is -2.64. The molecular formula is C62H113N11O14. The Morgan fingerprint density at radius 3 is 1.25 bits per heavy atom. The van der Waals surface area contributed by atoms with E-state index in [0.717, 1.165) is 14.7 Å². The minimum Gasteiger partial charge on any atom is -0.480 e. The number of aliphatic hydroxyl groups is 2. The number of carbonyl (C=O) groups excluding carboxylic acids is 10. The van der Waals surface area contributed by atoms with Gasteiger partial charge in [0, 0.05) is 35.2 Å². The van der Waals surface area contributed by atoms with Crippen LogP contribution in [-0.4, -0.2) is 226 Å². The highest BCUT2D eigenvalue weighted by molar-refractivity contribution is 5.99. The van der Waals surface area contributed by atoms with Gasteiger partial charge >= 0.3 is 5.97 Å². The lowest BCUT2D eigenvalue weighted by atomic mass is 9.91.